The van der Waals surface area contributed by atoms with Crippen molar-refractivity contribution in [2.45, 2.75) is 19.4 Å². The molecule has 130 valence electrons. The number of carbonyl (C=O) groups is 2. The van der Waals surface area contributed by atoms with Gasteiger partial charge in [0.05, 0.1) is 0 Å². The van der Waals surface area contributed by atoms with Crippen molar-refractivity contribution in [2.24, 2.45) is 0 Å². The Balaban J connectivity index is 1.45. The Hall–Kier alpha value is -2.34. The van der Waals surface area contributed by atoms with Crippen molar-refractivity contribution in [3.05, 3.63) is 58.6 Å². The highest BCUT2D eigenvalue weighted by atomic mass is 79.9. The second kappa shape index (κ2) is 8.16. The zero-order chi connectivity index (χ0) is 17.6. The Morgan fingerprint density at radius 2 is 1.84 bits per heavy atom. The molecule has 1 aliphatic heterocycles. The minimum Gasteiger partial charge on any atom is -0.484 e. The predicted octanol–water partition coefficient (Wildman–Crippen LogP) is 3.27. The predicted molar refractivity (Wildman–Crippen MR) is 99.5 cm³/mol. The summed E-state index contributed by atoms with van der Waals surface area (Å²) >= 11 is 3.35. The fourth-order valence-corrected chi connectivity index (χ4v) is 2.91. The van der Waals surface area contributed by atoms with Crippen LogP contribution in [0.4, 0.5) is 5.69 Å². The Kier molecular flexibility index (Phi) is 5.71. The first-order chi connectivity index (χ1) is 12.1. The van der Waals surface area contributed by atoms with Gasteiger partial charge in [-0.1, -0.05) is 28.1 Å². The molecule has 5 nitrogen and oxygen atoms in total. The van der Waals surface area contributed by atoms with E-state index in [0.29, 0.717) is 18.7 Å². The standard InChI is InChI=1S/C19H19BrN2O3/c20-15-5-9-17(10-6-15)25-13-18(23)21-12-14-3-7-16(8-4-14)22-11-1-2-19(22)24/h3-10H,1-2,11-13H2,(H,21,23). The highest BCUT2D eigenvalue weighted by Gasteiger charge is 2.21. The number of nitrogens with zero attached hydrogens (tertiary/aromatic N) is 1. The molecule has 2 aromatic rings. The van der Waals surface area contributed by atoms with E-state index in [0.717, 1.165) is 28.7 Å². The molecule has 1 aliphatic rings. The maximum atomic E-state index is 11.9. The van der Waals surface area contributed by atoms with E-state index >= 15 is 0 Å². The van der Waals surface area contributed by atoms with Crippen molar-refractivity contribution in [1.82, 2.24) is 5.32 Å². The molecule has 1 N–H and O–H groups in total. The molecular formula is C19H19BrN2O3. The molecule has 0 unspecified atom stereocenters. The first kappa shape index (κ1) is 17.5. The topological polar surface area (TPSA) is 58.6 Å². The minimum absolute atomic E-state index is 0.0258. The van der Waals surface area contributed by atoms with Crippen LogP contribution in [-0.4, -0.2) is 25.0 Å². The van der Waals surface area contributed by atoms with E-state index in [1.165, 1.54) is 0 Å². The third-order valence-electron chi connectivity index (χ3n) is 3.99. The molecule has 2 amide bonds. The first-order valence-corrected chi connectivity index (χ1v) is 8.95. The maximum Gasteiger partial charge on any atom is 0.258 e. The number of halogens is 1. The highest BCUT2D eigenvalue weighted by Crippen LogP contribution is 2.21. The normalized spacial score (nSPS) is 13.8. The van der Waals surface area contributed by atoms with Crippen LogP contribution in [-0.2, 0) is 16.1 Å². The van der Waals surface area contributed by atoms with Crippen LogP contribution in [0.1, 0.15) is 18.4 Å². The van der Waals surface area contributed by atoms with E-state index in [1.54, 1.807) is 17.0 Å². The summed E-state index contributed by atoms with van der Waals surface area (Å²) in [6.07, 6.45) is 1.53. The summed E-state index contributed by atoms with van der Waals surface area (Å²) in [4.78, 5) is 25.4. The summed E-state index contributed by atoms with van der Waals surface area (Å²) in [7, 11) is 0. The van der Waals surface area contributed by atoms with Crippen molar-refractivity contribution in [2.75, 3.05) is 18.1 Å². The van der Waals surface area contributed by atoms with E-state index in [9.17, 15) is 9.59 Å². The summed E-state index contributed by atoms with van der Waals surface area (Å²) in [6, 6.07) is 15.0. The van der Waals surface area contributed by atoms with Gasteiger partial charge in [0.15, 0.2) is 6.61 Å². The lowest BCUT2D eigenvalue weighted by Gasteiger charge is -2.16. The molecular weight excluding hydrogens is 384 g/mol. The van der Waals surface area contributed by atoms with Crippen molar-refractivity contribution >= 4 is 33.4 Å². The van der Waals surface area contributed by atoms with E-state index in [-0.39, 0.29) is 18.4 Å². The monoisotopic (exact) mass is 402 g/mol. The van der Waals surface area contributed by atoms with Gasteiger partial charge in [-0.25, -0.2) is 0 Å². The van der Waals surface area contributed by atoms with Gasteiger partial charge in [-0.2, -0.15) is 0 Å². The van der Waals surface area contributed by atoms with Gasteiger partial charge in [-0.3, -0.25) is 9.59 Å². The van der Waals surface area contributed by atoms with Crippen LogP contribution >= 0.6 is 15.9 Å². The van der Waals surface area contributed by atoms with Crippen LogP contribution in [0, 0.1) is 0 Å². The molecule has 2 aromatic carbocycles. The number of hydrogen-bond acceptors (Lipinski definition) is 3. The van der Waals surface area contributed by atoms with Crippen molar-refractivity contribution in [3.63, 3.8) is 0 Å². The molecule has 3 rings (SSSR count). The molecule has 25 heavy (non-hydrogen) atoms. The fraction of sp³-hybridized carbons (Fsp3) is 0.263. The zero-order valence-electron chi connectivity index (χ0n) is 13.7. The van der Waals surface area contributed by atoms with E-state index in [1.807, 2.05) is 36.4 Å². The van der Waals surface area contributed by atoms with Crippen molar-refractivity contribution < 1.29 is 14.3 Å². The smallest absolute Gasteiger partial charge is 0.258 e. The molecule has 1 fully saturated rings. The second-order valence-corrected chi connectivity index (χ2v) is 6.75. The number of hydrogen-bond donors (Lipinski definition) is 1. The first-order valence-electron chi connectivity index (χ1n) is 8.16. The lowest BCUT2D eigenvalue weighted by atomic mass is 10.2. The van der Waals surface area contributed by atoms with Crippen LogP contribution in [0.2, 0.25) is 0 Å². The van der Waals surface area contributed by atoms with Crippen LogP contribution in [0.3, 0.4) is 0 Å². The average molecular weight is 403 g/mol. The Morgan fingerprint density at radius 3 is 2.48 bits per heavy atom. The summed E-state index contributed by atoms with van der Waals surface area (Å²) in [5.74, 6) is 0.644. The minimum atomic E-state index is -0.179. The number of benzene rings is 2. The summed E-state index contributed by atoms with van der Waals surface area (Å²) < 4.78 is 6.39. The van der Waals surface area contributed by atoms with E-state index in [4.69, 9.17) is 4.74 Å². The summed E-state index contributed by atoms with van der Waals surface area (Å²) in [6.45, 7) is 1.18. The van der Waals surface area contributed by atoms with Crippen LogP contribution in [0.25, 0.3) is 0 Å². The molecule has 6 heteroatoms. The molecule has 0 atom stereocenters. The lowest BCUT2D eigenvalue weighted by molar-refractivity contribution is -0.123. The van der Waals surface area contributed by atoms with Gasteiger partial charge >= 0.3 is 0 Å². The molecule has 0 aromatic heterocycles. The maximum absolute atomic E-state index is 11.9. The number of amides is 2. The van der Waals surface area contributed by atoms with Crippen LogP contribution in [0.15, 0.2) is 53.0 Å². The van der Waals surface area contributed by atoms with Gasteiger partial charge in [0.1, 0.15) is 5.75 Å². The van der Waals surface area contributed by atoms with E-state index < -0.39 is 0 Å². The summed E-state index contributed by atoms with van der Waals surface area (Å²) in [5.41, 5.74) is 1.89. The van der Waals surface area contributed by atoms with Crippen LogP contribution < -0.4 is 15.0 Å². The van der Waals surface area contributed by atoms with E-state index in [2.05, 4.69) is 21.2 Å². The van der Waals surface area contributed by atoms with Gasteiger partial charge < -0.3 is 15.0 Å². The van der Waals surface area contributed by atoms with Crippen molar-refractivity contribution in [1.29, 1.82) is 0 Å². The number of carbonyl (C=O) groups excluding carboxylic acids is 2. The molecule has 1 heterocycles. The third kappa shape index (κ3) is 4.82. The Labute approximate surface area is 155 Å². The quantitative estimate of drug-likeness (QED) is 0.806. The SMILES string of the molecule is O=C(COc1ccc(Br)cc1)NCc1ccc(N2CCCC2=O)cc1. The fourth-order valence-electron chi connectivity index (χ4n) is 2.65. The number of rotatable bonds is 6. The Bertz CT molecular complexity index is 744. The molecule has 0 bridgehead atoms. The van der Waals surface area contributed by atoms with Gasteiger partial charge in [-0.05, 0) is 48.4 Å². The van der Waals surface area contributed by atoms with Crippen molar-refractivity contribution in [3.8, 4) is 5.75 Å². The number of anilines is 1. The van der Waals surface area contributed by atoms with Gasteiger partial charge in [0.2, 0.25) is 5.91 Å². The summed E-state index contributed by atoms with van der Waals surface area (Å²) in [5, 5.41) is 2.82. The van der Waals surface area contributed by atoms with Gasteiger partial charge in [0, 0.05) is 29.7 Å². The molecule has 0 spiro atoms. The average Bonchev–Trinajstić information content (AvgIpc) is 3.06. The Morgan fingerprint density at radius 1 is 1.12 bits per heavy atom. The molecule has 0 saturated carbocycles. The molecule has 0 aliphatic carbocycles. The number of ether oxygens (including phenoxy) is 1. The molecule has 0 radical (unpaired) electrons. The lowest BCUT2D eigenvalue weighted by Crippen LogP contribution is -2.28. The van der Waals surface area contributed by atoms with Gasteiger partial charge in [0.25, 0.3) is 5.91 Å². The van der Waals surface area contributed by atoms with Crippen LogP contribution in [0.5, 0.6) is 5.75 Å². The van der Waals surface area contributed by atoms with Gasteiger partial charge in [-0.15, -0.1) is 0 Å². The zero-order valence-corrected chi connectivity index (χ0v) is 15.3. The molecule has 1 saturated heterocycles. The largest absolute Gasteiger partial charge is 0.484 e. The number of nitrogens with one attached hydrogen (secondary N) is 1. The highest BCUT2D eigenvalue weighted by molar-refractivity contribution is 9.10. The second-order valence-electron chi connectivity index (χ2n) is 5.83. The third-order valence-corrected chi connectivity index (χ3v) is 4.52.